The molecule has 3 unspecified atom stereocenters. The Bertz CT molecular complexity index is 852. The Morgan fingerprint density at radius 3 is 1.03 bits per heavy atom. The lowest BCUT2D eigenvalue weighted by Gasteiger charge is -2.24. The number of ether oxygens (including phenoxy) is 1. The Labute approximate surface area is 368 Å². The van der Waals surface area contributed by atoms with Crippen LogP contribution in [0.1, 0.15) is 303 Å². The van der Waals surface area contributed by atoms with Crippen LogP contribution in [0, 0.1) is 0 Å². The van der Waals surface area contributed by atoms with E-state index < -0.39 is 18.2 Å². The van der Waals surface area contributed by atoms with Crippen molar-refractivity contribution in [3.8, 4) is 0 Å². The first kappa shape index (κ1) is 57.9. The van der Waals surface area contributed by atoms with Gasteiger partial charge in [0, 0.05) is 6.42 Å². The predicted octanol–water partition coefficient (Wildman–Crippen LogP) is 16.0. The number of carbonyl (C=O) groups excluding carboxylic acids is 2. The molecule has 0 fully saturated rings. The molecule has 0 saturated carbocycles. The lowest BCUT2D eigenvalue weighted by molar-refractivity contribution is -0.151. The highest BCUT2D eigenvalue weighted by Crippen LogP contribution is 2.19. The average molecular weight is 836 g/mol. The Hall–Kier alpha value is -1.14. The summed E-state index contributed by atoms with van der Waals surface area (Å²) in [6.45, 7) is 6.51. The number of unbranched alkanes of at least 4 members (excludes halogenated alkanes) is 37. The van der Waals surface area contributed by atoms with Gasteiger partial charge in [-0.3, -0.25) is 9.59 Å². The Morgan fingerprint density at radius 1 is 0.424 bits per heavy atom. The van der Waals surface area contributed by atoms with Crippen LogP contribution in [0.3, 0.4) is 0 Å². The summed E-state index contributed by atoms with van der Waals surface area (Å²) in [5.74, 6) is -0.450. The second kappa shape index (κ2) is 47.9. The van der Waals surface area contributed by atoms with Crippen molar-refractivity contribution in [3.63, 3.8) is 0 Å². The molecule has 0 heterocycles. The summed E-state index contributed by atoms with van der Waals surface area (Å²) < 4.78 is 5.94. The van der Waals surface area contributed by atoms with Crippen molar-refractivity contribution in [2.45, 2.75) is 322 Å². The van der Waals surface area contributed by atoms with Gasteiger partial charge in [0.25, 0.3) is 0 Å². The number of esters is 1. The highest BCUT2D eigenvalue weighted by molar-refractivity contribution is 5.77. The van der Waals surface area contributed by atoms with E-state index in [1.54, 1.807) is 0 Å². The molecule has 0 aliphatic rings. The SMILES string of the molecule is CCCCCCCCCCCCCCCCCC(O)C(CO)NC(=O)CC(CCCCCCCCCCCCC)OC(=O)CCCCCCCCCCCCCCCC. The van der Waals surface area contributed by atoms with Gasteiger partial charge in [-0.15, -0.1) is 0 Å². The van der Waals surface area contributed by atoms with E-state index >= 15 is 0 Å². The van der Waals surface area contributed by atoms with Crippen LogP contribution in [-0.2, 0) is 14.3 Å². The van der Waals surface area contributed by atoms with Gasteiger partial charge in [-0.25, -0.2) is 0 Å². The number of amides is 1. The minimum Gasteiger partial charge on any atom is -0.462 e. The van der Waals surface area contributed by atoms with Crippen LogP contribution < -0.4 is 5.32 Å². The molecule has 0 aromatic carbocycles. The molecular weight excluding hydrogens is 731 g/mol. The summed E-state index contributed by atoms with van der Waals surface area (Å²) in [7, 11) is 0. The van der Waals surface area contributed by atoms with Crippen molar-refractivity contribution in [2.24, 2.45) is 0 Å². The Balaban J connectivity index is 4.45. The van der Waals surface area contributed by atoms with Gasteiger partial charge in [-0.1, -0.05) is 265 Å². The van der Waals surface area contributed by atoms with Gasteiger partial charge < -0.3 is 20.3 Å². The first-order chi connectivity index (χ1) is 29.0. The standard InChI is InChI=1S/C53H105NO5/c1-4-7-10-13-16-19-22-24-26-27-30-33-36-39-42-45-51(56)50(48-55)54-52(57)47-49(44-41-38-35-32-29-21-18-15-12-9-6-3)59-53(58)46-43-40-37-34-31-28-25-23-20-17-14-11-8-5-2/h49-51,55-56H,4-48H2,1-3H3,(H,54,57). The van der Waals surface area contributed by atoms with Gasteiger partial charge in [-0.05, 0) is 25.7 Å². The zero-order valence-corrected chi connectivity index (χ0v) is 40.2. The number of hydrogen-bond acceptors (Lipinski definition) is 5. The Morgan fingerprint density at radius 2 is 0.712 bits per heavy atom. The van der Waals surface area contributed by atoms with E-state index in [0.717, 1.165) is 38.5 Å². The molecule has 0 aromatic rings. The minimum atomic E-state index is -0.779. The lowest BCUT2D eigenvalue weighted by Crippen LogP contribution is -2.46. The molecule has 0 bridgehead atoms. The largest absolute Gasteiger partial charge is 0.462 e. The van der Waals surface area contributed by atoms with E-state index in [1.807, 2.05) is 0 Å². The van der Waals surface area contributed by atoms with Crippen molar-refractivity contribution in [1.29, 1.82) is 0 Å². The number of aliphatic hydroxyl groups is 2. The molecule has 6 heteroatoms. The summed E-state index contributed by atoms with van der Waals surface area (Å²) in [4.78, 5) is 26.1. The summed E-state index contributed by atoms with van der Waals surface area (Å²) in [6, 6.07) is -0.692. The van der Waals surface area contributed by atoms with Gasteiger partial charge in [-0.2, -0.15) is 0 Å². The van der Waals surface area contributed by atoms with Crippen LogP contribution in [0.2, 0.25) is 0 Å². The summed E-state index contributed by atoms with van der Waals surface area (Å²) in [5.41, 5.74) is 0. The number of hydrogen-bond donors (Lipinski definition) is 3. The fourth-order valence-electron chi connectivity index (χ4n) is 8.61. The van der Waals surface area contributed by atoms with E-state index in [-0.39, 0.29) is 24.9 Å². The van der Waals surface area contributed by atoms with Gasteiger partial charge in [0.15, 0.2) is 0 Å². The molecule has 0 aliphatic carbocycles. The van der Waals surface area contributed by atoms with E-state index in [1.165, 1.54) is 218 Å². The third-order valence-electron chi connectivity index (χ3n) is 12.7. The smallest absolute Gasteiger partial charge is 0.306 e. The molecule has 59 heavy (non-hydrogen) atoms. The van der Waals surface area contributed by atoms with Crippen molar-refractivity contribution in [2.75, 3.05) is 6.61 Å². The fourth-order valence-corrected chi connectivity index (χ4v) is 8.61. The van der Waals surface area contributed by atoms with Crippen LogP contribution in [0.5, 0.6) is 0 Å². The Kier molecular flexibility index (Phi) is 47.0. The van der Waals surface area contributed by atoms with Gasteiger partial charge in [0.1, 0.15) is 6.10 Å². The second-order valence-electron chi connectivity index (χ2n) is 18.6. The molecule has 0 radical (unpaired) electrons. The van der Waals surface area contributed by atoms with Crippen LogP contribution in [0.4, 0.5) is 0 Å². The molecule has 0 aliphatic heterocycles. The van der Waals surface area contributed by atoms with Crippen molar-refractivity contribution in [1.82, 2.24) is 5.32 Å². The van der Waals surface area contributed by atoms with E-state index in [2.05, 4.69) is 26.1 Å². The third kappa shape index (κ3) is 43.3. The predicted molar refractivity (Wildman–Crippen MR) is 255 cm³/mol. The fraction of sp³-hybridized carbons (Fsp3) is 0.962. The highest BCUT2D eigenvalue weighted by Gasteiger charge is 2.24. The van der Waals surface area contributed by atoms with E-state index in [9.17, 15) is 19.8 Å². The molecule has 0 aromatic heterocycles. The quantitative estimate of drug-likeness (QED) is 0.0419. The zero-order chi connectivity index (χ0) is 43.1. The summed E-state index contributed by atoms with van der Waals surface area (Å²) in [6.07, 6.45) is 51.6. The molecule has 1 amide bonds. The third-order valence-corrected chi connectivity index (χ3v) is 12.7. The molecule has 0 saturated heterocycles. The minimum absolute atomic E-state index is 0.0877. The molecule has 6 nitrogen and oxygen atoms in total. The first-order valence-electron chi connectivity index (χ1n) is 26.8. The molecular formula is C53H105NO5. The maximum absolute atomic E-state index is 13.2. The highest BCUT2D eigenvalue weighted by atomic mass is 16.5. The van der Waals surface area contributed by atoms with Crippen molar-refractivity contribution < 1.29 is 24.5 Å². The maximum Gasteiger partial charge on any atom is 0.306 e. The van der Waals surface area contributed by atoms with Gasteiger partial charge in [0.2, 0.25) is 5.91 Å². The van der Waals surface area contributed by atoms with Crippen molar-refractivity contribution >= 4 is 11.9 Å². The molecule has 3 atom stereocenters. The van der Waals surface area contributed by atoms with Crippen LogP contribution in [0.25, 0.3) is 0 Å². The monoisotopic (exact) mass is 836 g/mol. The second-order valence-corrected chi connectivity index (χ2v) is 18.6. The zero-order valence-electron chi connectivity index (χ0n) is 40.2. The summed E-state index contributed by atoms with van der Waals surface area (Å²) >= 11 is 0. The van der Waals surface area contributed by atoms with Crippen LogP contribution in [-0.4, -0.2) is 46.9 Å². The van der Waals surface area contributed by atoms with Gasteiger partial charge >= 0.3 is 5.97 Å². The van der Waals surface area contributed by atoms with Crippen LogP contribution in [0.15, 0.2) is 0 Å². The number of aliphatic hydroxyl groups excluding tert-OH is 2. The average Bonchev–Trinajstić information content (AvgIpc) is 3.23. The number of rotatable bonds is 49. The number of carbonyl (C=O) groups is 2. The summed E-state index contributed by atoms with van der Waals surface area (Å²) in [5, 5.41) is 23.8. The molecule has 352 valence electrons. The van der Waals surface area contributed by atoms with E-state index in [0.29, 0.717) is 19.3 Å². The van der Waals surface area contributed by atoms with Crippen LogP contribution >= 0.6 is 0 Å². The van der Waals surface area contributed by atoms with Gasteiger partial charge in [0.05, 0.1) is 25.2 Å². The maximum atomic E-state index is 13.2. The molecule has 3 N–H and O–H groups in total. The lowest BCUT2D eigenvalue weighted by atomic mass is 10.0. The normalized spacial score (nSPS) is 13.1. The topological polar surface area (TPSA) is 95.9 Å². The first-order valence-corrected chi connectivity index (χ1v) is 26.8. The molecule has 0 spiro atoms. The van der Waals surface area contributed by atoms with Crippen molar-refractivity contribution in [3.05, 3.63) is 0 Å². The van der Waals surface area contributed by atoms with E-state index in [4.69, 9.17) is 4.74 Å². The number of nitrogens with one attached hydrogen (secondary N) is 1. The molecule has 0 rings (SSSR count).